The molecular formula is C17H23N5O. The minimum absolute atomic E-state index is 0.120. The molecule has 1 saturated heterocycles. The third kappa shape index (κ3) is 3.41. The van der Waals surface area contributed by atoms with Crippen LogP contribution in [0.15, 0.2) is 24.8 Å². The number of pyridine rings is 1. The van der Waals surface area contributed by atoms with Crippen molar-refractivity contribution in [1.82, 2.24) is 20.3 Å². The second-order valence-corrected chi connectivity index (χ2v) is 7.07. The number of hydrogen-bond acceptors (Lipinski definition) is 5. The van der Waals surface area contributed by atoms with E-state index in [2.05, 4.69) is 25.2 Å². The van der Waals surface area contributed by atoms with Crippen molar-refractivity contribution in [2.24, 2.45) is 5.41 Å². The normalized spacial score (nSPS) is 16.6. The quantitative estimate of drug-likeness (QED) is 0.920. The molecule has 1 aliphatic heterocycles. The molecule has 1 aliphatic rings. The zero-order chi connectivity index (χ0) is 16.4. The first-order valence-electron chi connectivity index (χ1n) is 8.06. The lowest BCUT2D eigenvalue weighted by molar-refractivity contribution is -0.129. The maximum atomic E-state index is 12.1. The highest BCUT2D eigenvalue weighted by Crippen LogP contribution is 2.25. The van der Waals surface area contributed by atoms with Crippen molar-refractivity contribution >= 4 is 22.6 Å². The van der Waals surface area contributed by atoms with Crippen LogP contribution in [-0.4, -0.2) is 40.0 Å². The smallest absolute Gasteiger partial charge is 0.225 e. The summed E-state index contributed by atoms with van der Waals surface area (Å²) in [5, 5.41) is 4.19. The predicted molar refractivity (Wildman–Crippen MR) is 90.2 cm³/mol. The van der Waals surface area contributed by atoms with Crippen LogP contribution in [0.4, 0.5) is 5.82 Å². The first-order valence-corrected chi connectivity index (χ1v) is 8.06. The third-order valence-corrected chi connectivity index (χ3v) is 4.23. The highest BCUT2D eigenvalue weighted by atomic mass is 16.2. The lowest BCUT2D eigenvalue weighted by Crippen LogP contribution is -2.48. The Morgan fingerprint density at radius 1 is 1.26 bits per heavy atom. The summed E-state index contributed by atoms with van der Waals surface area (Å²) in [5.41, 5.74) is 0.521. The summed E-state index contributed by atoms with van der Waals surface area (Å²) in [7, 11) is 0. The van der Waals surface area contributed by atoms with E-state index in [1.165, 1.54) is 0 Å². The van der Waals surface area contributed by atoms with Gasteiger partial charge >= 0.3 is 0 Å². The number of amides is 1. The van der Waals surface area contributed by atoms with Gasteiger partial charge in [-0.2, -0.15) is 0 Å². The number of carbonyl (C=O) groups excluding carboxylic acids is 1. The number of hydrogen-bond donors (Lipinski definition) is 1. The number of piperidine rings is 1. The van der Waals surface area contributed by atoms with Gasteiger partial charge < -0.3 is 10.2 Å². The van der Waals surface area contributed by atoms with Crippen LogP contribution in [0.25, 0.3) is 10.9 Å². The van der Waals surface area contributed by atoms with E-state index in [9.17, 15) is 4.79 Å². The molecule has 122 valence electrons. The molecule has 6 heteroatoms. The number of nitrogens with zero attached hydrogens (tertiary/aromatic N) is 4. The molecule has 0 spiro atoms. The van der Waals surface area contributed by atoms with Crippen LogP contribution in [-0.2, 0) is 4.79 Å². The van der Waals surface area contributed by atoms with E-state index >= 15 is 0 Å². The van der Waals surface area contributed by atoms with Crippen LogP contribution in [0.1, 0.15) is 33.6 Å². The summed E-state index contributed by atoms with van der Waals surface area (Å²) in [6.07, 6.45) is 6.98. The molecule has 0 radical (unpaired) electrons. The monoisotopic (exact) mass is 313 g/mol. The van der Waals surface area contributed by atoms with Gasteiger partial charge in [0.05, 0.1) is 11.7 Å². The van der Waals surface area contributed by atoms with Crippen molar-refractivity contribution in [2.75, 3.05) is 18.0 Å². The first kappa shape index (κ1) is 15.6. The largest absolute Gasteiger partial charge is 0.356 e. The number of carbonyl (C=O) groups is 1. The van der Waals surface area contributed by atoms with Crippen LogP contribution in [0.5, 0.6) is 0 Å². The van der Waals surface area contributed by atoms with Crippen molar-refractivity contribution in [2.45, 2.75) is 39.7 Å². The Bertz CT molecular complexity index is 696. The molecule has 1 amide bonds. The number of aromatic nitrogens is 3. The minimum Gasteiger partial charge on any atom is -0.356 e. The Hall–Kier alpha value is -2.24. The van der Waals surface area contributed by atoms with Gasteiger partial charge in [0.25, 0.3) is 0 Å². The van der Waals surface area contributed by atoms with E-state index in [1.807, 2.05) is 26.8 Å². The lowest BCUT2D eigenvalue weighted by Gasteiger charge is -2.34. The molecule has 0 aromatic carbocycles. The van der Waals surface area contributed by atoms with E-state index in [4.69, 9.17) is 0 Å². The fraction of sp³-hybridized carbons (Fsp3) is 0.529. The number of fused-ring (bicyclic) bond motifs is 1. The van der Waals surface area contributed by atoms with Gasteiger partial charge in [-0.05, 0) is 18.9 Å². The van der Waals surface area contributed by atoms with Gasteiger partial charge in [0.15, 0.2) is 0 Å². The van der Waals surface area contributed by atoms with Gasteiger partial charge in [-0.1, -0.05) is 20.8 Å². The summed E-state index contributed by atoms with van der Waals surface area (Å²) in [6.45, 7) is 7.59. The SMILES string of the molecule is CC(C)(C)C(=O)NC1CCN(c2ncnc3cnccc23)CC1. The average Bonchev–Trinajstić information content (AvgIpc) is 2.54. The van der Waals surface area contributed by atoms with Crippen LogP contribution in [0.2, 0.25) is 0 Å². The van der Waals surface area contributed by atoms with Gasteiger partial charge in [-0.15, -0.1) is 0 Å². The molecule has 1 fully saturated rings. The lowest BCUT2D eigenvalue weighted by atomic mass is 9.94. The van der Waals surface area contributed by atoms with E-state index in [1.54, 1.807) is 18.7 Å². The standard InChI is InChI=1S/C17H23N5O/c1-17(2,3)16(23)21-12-5-8-22(9-6-12)15-13-4-7-18-10-14(13)19-11-20-15/h4,7,10-12H,5-6,8-9H2,1-3H3,(H,21,23). The molecule has 0 unspecified atom stereocenters. The second kappa shape index (κ2) is 6.10. The van der Waals surface area contributed by atoms with Crippen molar-refractivity contribution in [3.8, 4) is 0 Å². The van der Waals surface area contributed by atoms with Crippen molar-refractivity contribution < 1.29 is 4.79 Å². The molecule has 1 N–H and O–H groups in total. The fourth-order valence-electron chi connectivity index (χ4n) is 2.78. The zero-order valence-corrected chi connectivity index (χ0v) is 13.9. The van der Waals surface area contributed by atoms with Gasteiger partial charge in [-0.3, -0.25) is 9.78 Å². The van der Waals surface area contributed by atoms with Gasteiger partial charge in [-0.25, -0.2) is 9.97 Å². The number of nitrogens with one attached hydrogen (secondary N) is 1. The molecule has 23 heavy (non-hydrogen) atoms. The van der Waals surface area contributed by atoms with Gasteiger partial charge in [0.2, 0.25) is 5.91 Å². The van der Waals surface area contributed by atoms with Crippen molar-refractivity contribution in [3.63, 3.8) is 0 Å². The Kier molecular flexibility index (Phi) is 4.15. The van der Waals surface area contributed by atoms with E-state index in [0.29, 0.717) is 0 Å². The summed E-state index contributed by atoms with van der Waals surface area (Å²) in [6, 6.07) is 2.20. The molecule has 0 bridgehead atoms. The predicted octanol–water partition coefficient (Wildman–Crippen LogP) is 2.16. The average molecular weight is 313 g/mol. The van der Waals surface area contributed by atoms with E-state index < -0.39 is 0 Å². The van der Waals surface area contributed by atoms with Crippen molar-refractivity contribution in [1.29, 1.82) is 0 Å². The molecule has 2 aromatic rings. The molecule has 3 rings (SSSR count). The highest BCUT2D eigenvalue weighted by Gasteiger charge is 2.27. The van der Waals surface area contributed by atoms with E-state index in [-0.39, 0.29) is 17.4 Å². The summed E-state index contributed by atoms with van der Waals surface area (Å²) < 4.78 is 0. The Balaban J connectivity index is 1.68. The van der Waals surface area contributed by atoms with Crippen LogP contribution in [0.3, 0.4) is 0 Å². The second-order valence-electron chi connectivity index (χ2n) is 7.07. The Labute approximate surface area is 136 Å². The van der Waals surface area contributed by atoms with Crippen molar-refractivity contribution in [3.05, 3.63) is 24.8 Å². The van der Waals surface area contributed by atoms with Crippen LogP contribution < -0.4 is 10.2 Å². The highest BCUT2D eigenvalue weighted by molar-refractivity contribution is 5.88. The minimum atomic E-state index is -0.340. The number of rotatable bonds is 2. The maximum Gasteiger partial charge on any atom is 0.225 e. The molecule has 2 aromatic heterocycles. The van der Waals surface area contributed by atoms with Gasteiger partial charge in [0.1, 0.15) is 12.1 Å². The summed E-state index contributed by atoms with van der Waals surface area (Å²) in [5.74, 6) is 1.08. The number of anilines is 1. The molecule has 0 saturated carbocycles. The molecular weight excluding hydrogens is 290 g/mol. The summed E-state index contributed by atoms with van der Waals surface area (Å²) >= 11 is 0. The summed E-state index contributed by atoms with van der Waals surface area (Å²) in [4.78, 5) is 27.2. The zero-order valence-electron chi connectivity index (χ0n) is 13.9. The Morgan fingerprint density at radius 2 is 2.00 bits per heavy atom. The van der Waals surface area contributed by atoms with E-state index in [0.717, 1.165) is 42.7 Å². The molecule has 6 nitrogen and oxygen atoms in total. The first-order chi connectivity index (χ1) is 10.9. The third-order valence-electron chi connectivity index (χ3n) is 4.23. The molecule has 3 heterocycles. The van der Waals surface area contributed by atoms with Gasteiger partial charge in [0, 0.05) is 36.1 Å². The topological polar surface area (TPSA) is 71.0 Å². The Morgan fingerprint density at radius 3 is 2.70 bits per heavy atom. The van der Waals surface area contributed by atoms with Crippen LogP contribution in [0, 0.1) is 5.41 Å². The molecule has 0 atom stereocenters. The van der Waals surface area contributed by atoms with Crippen LogP contribution >= 0.6 is 0 Å². The maximum absolute atomic E-state index is 12.1. The molecule has 0 aliphatic carbocycles. The fourth-order valence-corrected chi connectivity index (χ4v) is 2.78.